The van der Waals surface area contributed by atoms with Gasteiger partial charge >= 0.3 is 0 Å². The minimum Gasteiger partial charge on any atom is -0.342 e. The van der Waals surface area contributed by atoms with Gasteiger partial charge in [-0.1, -0.05) is 38.1 Å². The smallest absolute Gasteiger partial charge is 0.225 e. The number of halogens is 1. The Bertz CT molecular complexity index is 651. The first kappa shape index (κ1) is 22.9. The fourth-order valence-electron chi connectivity index (χ4n) is 4.49. The van der Waals surface area contributed by atoms with E-state index in [1.54, 1.807) is 0 Å². The van der Waals surface area contributed by atoms with E-state index in [9.17, 15) is 9.59 Å². The Balaban J connectivity index is 0.00000280. The van der Waals surface area contributed by atoms with Crippen molar-refractivity contribution in [3.05, 3.63) is 35.4 Å². The van der Waals surface area contributed by atoms with Gasteiger partial charge in [0.05, 0.1) is 0 Å². The summed E-state index contributed by atoms with van der Waals surface area (Å²) in [7, 11) is 0. The number of ketones is 1. The number of amides is 1. The molecule has 2 fully saturated rings. The van der Waals surface area contributed by atoms with Gasteiger partial charge in [-0.05, 0) is 57.1 Å². The standard InChI is InChI=1S/C23H34N2O2.ClH/c1-16(2)14-18-4-6-19(7-5-18)22(26)20-9-12-25(13-10-20)23(27)21-8-11-24-17(3)15-21;/h4-7,16-17,20-21,24H,8-15H2,1-3H3;1H/t17-,21-;/m0./s1. The molecule has 0 saturated carbocycles. The molecule has 4 nitrogen and oxygen atoms in total. The summed E-state index contributed by atoms with van der Waals surface area (Å²) in [6.07, 6.45) is 4.49. The van der Waals surface area contributed by atoms with Gasteiger partial charge < -0.3 is 10.2 Å². The lowest BCUT2D eigenvalue weighted by Gasteiger charge is -2.36. The predicted octanol–water partition coefficient (Wildman–Crippen LogP) is 4.12. The van der Waals surface area contributed by atoms with Crippen molar-refractivity contribution in [1.29, 1.82) is 0 Å². The summed E-state index contributed by atoms with van der Waals surface area (Å²) < 4.78 is 0. The Morgan fingerprint density at radius 2 is 1.71 bits per heavy atom. The molecular weight excluding hydrogens is 372 g/mol. The highest BCUT2D eigenvalue weighted by molar-refractivity contribution is 5.98. The van der Waals surface area contributed by atoms with Gasteiger partial charge in [0.2, 0.25) is 5.91 Å². The van der Waals surface area contributed by atoms with Crippen LogP contribution in [0.3, 0.4) is 0 Å². The fourth-order valence-corrected chi connectivity index (χ4v) is 4.49. The van der Waals surface area contributed by atoms with Gasteiger partial charge in [-0.2, -0.15) is 0 Å². The molecule has 2 aliphatic heterocycles. The van der Waals surface area contributed by atoms with Gasteiger partial charge in [0.1, 0.15) is 0 Å². The van der Waals surface area contributed by atoms with E-state index in [2.05, 4.69) is 38.2 Å². The zero-order chi connectivity index (χ0) is 19.4. The van der Waals surface area contributed by atoms with Crippen molar-refractivity contribution in [2.75, 3.05) is 19.6 Å². The summed E-state index contributed by atoms with van der Waals surface area (Å²) in [6, 6.07) is 8.56. The van der Waals surface area contributed by atoms with Crippen LogP contribution in [0.2, 0.25) is 0 Å². The first-order chi connectivity index (χ1) is 12.9. The molecule has 3 rings (SSSR count). The molecule has 28 heavy (non-hydrogen) atoms. The van der Waals surface area contributed by atoms with Gasteiger partial charge in [0, 0.05) is 36.5 Å². The minimum atomic E-state index is 0. The highest BCUT2D eigenvalue weighted by atomic mass is 35.5. The second-order valence-electron chi connectivity index (χ2n) is 8.84. The van der Waals surface area contributed by atoms with E-state index >= 15 is 0 Å². The Kier molecular flexibility index (Phi) is 8.51. The highest BCUT2D eigenvalue weighted by Gasteiger charge is 2.32. The van der Waals surface area contributed by atoms with Crippen molar-refractivity contribution in [3.8, 4) is 0 Å². The monoisotopic (exact) mass is 406 g/mol. The number of likely N-dealkylation sites (tertiary alicyclic amines) is 1. The predicted molar refractivity (Wildman–Crippen MR) is 116 cm³/mol. The molecule has 5 heteroatoms. The molecule has 1 amide bonds. The Morgan fingerprint density at radius 1 is 1.07 bits per heavy atom. The Morgan fingerprint density at radius 3 is 2.29 bits per heavy atom. The van der Waals surface area contributed by atoms with Crippen LogP contribution >= 0.6 is 12.4 Å². The zero-order valence-electron chi connectivity index (χ0n) is 17.4. The maximum absolute atomic E-state index is 12.8. The number of hydrogen-bond acceptors (Lipinski definition) is 3. The molecule has 2 atom stereocenters. The minimum absolute atomic E-state index is 0. The quantitative estimate of drug-likeness (QED) is 0.748. The van der Waals surface area contributed by atoms with Crippen LogP contribution in [0.1, 0.15) is 62.4 Å². The first-order valence-electron chi connectivity index (χ1n) is 10.6. The van der Waals surface area contributed by atoms with E-state index in [-0.39, 0.29) is 30.0 Å². The normalized spacial score (nSPS) is 23.4. The average Bonchev–Trinajstić information content (AvgIpc) is 2.67. The molecule has 2 saturated heterocycles. The summed E-state index contributed by atoms with van der Waals surface area (Å²) in [5.41, 5.74) is 2.11. The number of rotatable bonds is 5. The number of nitrogens with zero attached hydrogens (tertiary/aromatic N) is 1. The second kappa shape index (κ2) is 10.4. The maximum Gasteiger partial charge on any atom is 0.225 e. The zero-order valence-corrected chi connectivity index (χ0v) is 18.3. The molecule has 0 radical (unpaired) electrons. The molecule has 0 spiro atoms. The van der Waals surface area contributed by atoms with Crippen LogP contribution in [0.5, 0.6) is 0 Å². The lowest BCUT2D eigenvalue weighted by atomic mass is 9.86. The molecule has 0 aliphatic carbocycles. The van der Waals surface area contributed by atoms with E-state index in [4.69, 9.17) is 0 Å². The summed E-state index contributed by atoms with van der Waals surface area (Å²) in [6.45, 7) is 8.94. The molecule has 1 aromatic carbocycles. The van der Waals surface area contributed by atoms with Crippen molar-refractivity contribution < 1.29 is 9.59 Å². The molecule has 0 bridgehead atoms. The van der Waals surface area contributed by atoms with E-state index in [0.717, 1.165) is 57.3 Å². The number of Topliss-reactive ketones (excluding diaryl/α,β-unsaturated/α-hetero) is 1. The van der Waals surface area contributed by atoms with E-state index < -0.39 is 0 Å². The molecular formula is C23H35ClN2O2. The third kappa shape index (κ3) is 5.81. The third-order valence-corrected chi connectivity index (χ3v) is 6.03. The topological polar surface area (TPSA) is 49.4 Å². The van der Waals surface area contributed by atoms with Crippen LogP contribution in [0.25, 0.3) is 0 Å². The number of hydrogen-bond donors (Lipinski definition) is 1. The van der Waals surface area contributed by atoms with E-state index in [1.165, 1.54) is 5.56 Å². The lowest BCUT2D eigenvalue weighted by molar-refractivity contribution is -0.138. The van der Waals surface area contributed by atoms with Crippen molar-refractivity contribution in [1.82, 2.24) is 10.2 Å². The summed E-state index contributed by atoms with van der Waals surface area (Å²) in [5, 5.41) is 3.41. The van der Waals surface area contributed by atoms with Crippen LogP contribution in [0.15, 0.2) is 24.3 Å². The van der Waals surface area contributed by atoms with Crippen molar-refractivity contribution in [2.24, 2.45) is 17.8 Å². The molecule has 1 aromatic rings. The Labute approximate surface area is 175 Å². The average molecular weight is 407 g/mol. The maximum atomic E-state index is 12.8. The van der Waals surface area contributed by atoms with Gasteiger partial charge in [-0.25, -0.2) is 0 Å². The molecule has 2 heterocycles. The largest absolute Gasteiger partial charge is 0.342 e. The SMILES string of the molecule is CC(C)Cc1ccc(C(=O)C2CCN(C(=O)[C@H]3CCN[C@@H](C)C3)CC2)cc1.Cl. The summed E-state index contributed by atoms with van der Waals surface area (Å²) in [5.74, 6) is 1.37. The van der Waals surface area contributed by atoms with Crippen LogP contribution in [-0.2, 0) is 11.2 Å². The number of piperidine rings is 2. The highest BCUT2D eigenvalue weighted by Crippen LogP contribution is 2.26. The van der Waals surface area contributed by atoms with Crippen LogP contribution < -0.4 is 5.32 Å². The van der Waals surface area contributed by atoms with Gasteiger partial charge in [0.15, 0.2) is 5.78 Å². The summed E-state index contributed by atoms with van der Waals surface area (Å²) >= 11 is 0. The fraction of sp³-hybridized carbons (Fsp3) is 0.652. The number of carbonyl (C=O) groups is 2. The molecule has 156 valence electrons. The summed E-state index contributed by atoms with van der Waals surface area (Å²) in [4.78, 5) is 27.6. The molecule has 2 aliphatic rings. The third-order valence-electron chi connectivity index (χ3n) is 6.03. The van der Waals surface area contributed by atoms with Crippen LogP contribution in [0.4, 0.5) is 0 Å². The number of carbonyl (C=O) groups excluding carboxylic acids is 2. The van der Waals surface area contributed by atoms with Crippen LogP contribution in [-0.4, -0.2) is 42.3 Å². The second-order valence-corrected chi connectivity index (χ2v) is 8.84. The van der Waals surface area contributed by atoms with Crippen LogP contribution in [0, 0.1) is 17.8 Å². The van der Waals surface area contributed by atoms with Gasteiger partial charge in [-0.15, -0.1) is 12.4 Å². The molecule has 0 aromatic heterocycles. The molecule has 0 unspecified atom stereocenters. The van der Waals surface area contributed by atoms with Crippen molar-refractivity contribution >= 4 is 24.1 Å². The molecule has 1 N–H and O–H groups in total. The number of nitrogens with one attached hydrogen (secondary N) is 1. The lowest BCUT2D eigenvalue weighted by Crippen LogP contribution is -2.47. The Hall–Kier alpha value is -1.39. The van der Waals surface area contributed by atoms with Crippen molar-refractivity contribution in [3.63, 3.8) is 0 Å². The number of benzene rings is 1. The van der Waals surface area contributed by atoms with E-state index in [1.807, 2.05) is 17.0 Å². The van der Waals surface area contributed by atoms with Crippen molar-refractivity contribution in [2.45, 2.75) is 58.9 Å². The van der Waals surface area contributed by atoms with E-state index in [0.29, 0.717) is 17.9 Å². The first-order valence-corrected chi connectivity index (χ1v) is 10.6. The van der Waals surface area contributed by atoms with Gasteiger partial charge in [0.25, 0.3) is 0 Å². The van der Waals surface area contributed by atoms with Gasteiger partial charge in [-0.3, -0.25) is 9.59 Å².